The van der Waals surface area contributed by atoms with Crippen molar-refractivity contribution < 1.29 is 18.8 Å². The minimum absolute atomic E-state index is 0.212. The zero-order chi connectivity index (χ0) is 18.7. The maximum Gasteiger partial charge on any atom is 0.344 e. The minimum Gasteiger partial charge on any atom is -0.452 e. The molecule has 0 fully saturated rings. The van der Waals surface area contributed by atoms with Crippen molar-refractivity contribution >= 4 is 29.2 Å². The molecule has 0 saturated carbocycles. The number of anilines is 1. The van der Waals surface area contributed by atoms with Crippen molar-refractivity contribution in [2.45, 2.75) is 13.8 Å². The minimum atomic E-state index is -0.681. The number of esters is 1. The van der Waals surface area contributed by atoms with Gasteiger partial charge < -0.3 is 14.6 Å². The van der Waals surface area contributed by atoms with Crippen LogP contribution in [0.5, 0.6) is 0 Å². The summed E-state index contributed by atoms with van der Waals surface area (Å²) in [4.78, 5) is 28.1. The SMILES string of the molecule is Cc1noc(C)c1C(=O)OCC(=O)Nc1cc(Cl)ccc1-n1cncn1. The van der Waals surface area contributed by atoms with Gasteiger partial charge in [-0.2, -0.15) is 5.10 Å². The summed E-state index contributed by atoms with van der Waals surface area (Å²) >= 11 is 5.99. The Morgan fingerprint density at radius 3 is 2.81 bits per heavy atom. The molecule has 0 bridgehead atoms. The molecule has 0 unspecified atom stereocenters. The molecular formula is C16H14ClN5O4. The third kappa shape index (κ3) is 3.72. The van der Waals surface area contributed by atoms with E-state index in [1.807, 2.05) is 0 Å². The molecule has 0 spiro atoms. The number of carbonyl (C=O) groups is 2. The molecule has 0 aliphatic rings. The van der Waals surface area contributed by atoms with Gasteiger partial charge in [0.25, 0.3) is 5.91 Å². The van der Waals surface area contributed by atoms with Crippen LogP contribution in [0, 0.1) is 13.8 Å². The van der Waals surface area contributed by atoms with Crippen LogP contribution in [0.2, 0.25) is 5.02 Å². The van der Waals surface area contributed by atoms with Gasteiger partial charge in [-0.3, -0.25) is 4.79 Å². The van der Waals surface area contributed by atoms with Gasteiger partial charge in [-0.25, -0.2) is 14.5 Å². The van der Waals surface area contributed by atoms with E-state index < -0.39 is 18.5 Å². The van der Waals surface area contributed by atoms with E-state index in [1.54, 1.807) is 32.0 Å². The third-order valence-electron chi connectivity index (χ3n) is 3.47. The summed E-state index contributed by atoms with van der Waals surface area (Å²) in [7, 11) is 0. The van der Waals surface area contributed by atoms with Crippen LogP contribution in [0.4, 0.5) is 5.69 Å². The summed E-state index contributed by atoms with van der Waals surface area (Å²) in [5.74, 6) is -0.885. The van der Waals surface area contributed by atoms with E-state index in [9.17, 15) is 9.59 Å². The third-order valence-corrected chi connectivity index (χ3v) is 3.71. The van der Waals surface area contributed by atoms with E-state index in [1.165, 1.54) is 17.3 Å². The number of benzene rings is 1. The molecule has 0 radical (unpaired) electrons. The Bertz CT molecular complexity index is 932. The molecule has 2 aromatic heterocycles. The predicted molar refractivity (Wildman–Crippen MR) is 91.3 cm³/mol. The molecule has 1 N–H and O–H groups in total. The Hall–Kier alpha value is -3.20. The van der Waals surface area contributed by atoms with Gasteiger partial charge in [0.05, 0.1) is 17.1 Å². The lowest BCUT2D eigenvalue weighted by atomic mass is 10.2. The molecule has 1 amide bonds. The smallest absolute Gasteiger partial charge is 0.344 e. The predicted octanol–water partition coefficient (Wildman–Crippen LogP) is 2.32. The molecule has 9 nitrogen and oxygen atoms in total. The summed E-state index contributed by atoms with van der Waals surface area (Å²) in [6.45, 7) is 2.72. The fourth-order valence-electron chi connectivity index (χ4n) is 2.30. The number of nitrogens with one attached hydrogen (secondary N) is 1. The van der Waals surface area contributed by atoms with Crippen LogP contribution < -0.4 is 5.32 Å². The van der Waals surface area contributed by atoms with Crippen LogP contribution in [0.3, 0.4) is 0 Å². The van der Waals surface area contributed by atoms with Crippen molar-refractivity contribution in [1.29, 1.82) is 0 Å². The maximum absolute atomic E-state index is 12.2. The van der Waals surface area contributed by atoms with Crippen molar-refractivity contribution in [2.75, 3.05) is 11.9 Å². The van der Waals surface area contributed by atoms with E-state index in [4.69, 9.17) is 20.9 Å². The topological polar surface area (TPSA) is 112 Å². The largest absolute Gasteiger partial charge is 0.452 e. The highest BCUT2D eigenvalue weighted by molar-refractivity contribution is 6.31. The van der Waals surface area contributed by atoms with Gasteiger partial charge >= 0.3 is 5.97 Å². The van der Waals surface area contributed by atoms with Gasteiger partial charge in [0, 0.05) is 5.02 Å². The molecule has 3 rings (SSSR count). The molecule has 0 atom stereocenters. The highest BCUT2D eigenvalue weighted by atomic mass is 35.5. The van der Waals surface area contributed by atoms with Crippen LogP contribution in [0.1, 0.15) is 21.8 Å². The van der Waals surface area contributed by atoms with Gasteiger partial charge in [0.15, 0.2) is 6.61 Å². The first-order chi connectivity index (χ1) is 12.5. The lowest BCUT2D eigenvalue weighted by Crippen LogP contribution is -2.22. The molecule has 0 saturated heterocycles. The standard InChI is InChI=1S/C16H14ClN5O4/c1-9-15(10(2)26-21-9)16(24)25-6-14(23)20-12-5-11(17)3-4-13(12)22-8-18-7-19-22/h3-5,7-8H,6H2,1-2H3,(H,20,23). The fraction of sp³-hybridized carbons (Fsp3) is 0.188. The Labute approximate surface area is 152 Å². The Morgan fingerprint density at radius 1 is 1.35 bits per heavy atom. The van der Waals surface area contributed by atoms with Gasteiger partial charge in [-0.15, -0.1) is 0 Å². The first kappa shape index (κ1) is 17.6. The van der Waals surface area contributed by atoms with Crippen molar-refractivity contribution in [1.82, 2.24) is 19.9 Å². The second-order valence-corrected chi connectivity index (χ2v) is 5.76. The fourth-order valence-corrected chi connectivity index (χ4v) is 2.48. The molecule has 134 valence electrons. The summed E-state index contributed by atoms with van der Waals surface area (Å²) in [6, 6.07) is 4.90. The molecule has 1 aromatic carbocycles. The van der Waals surface area contributed by atoms with Crippen LogP contribution in [-0.2, 0) is 9.53 Å². The number of aromatic nitrogens is 4. The lowest BCUT2D eigenvalue weighted by Gasteiger charge is -2.11. The van der Waals surface area contributed by atoms with Gasteiger partial charge in [-0.05, 0) is 32.0 Å². The maximum atomic E-state index is 12.2. The highest BCUT2D eigenvalue weighted by Gasteiger charge is 2.20. The first-order valence-electron chi connectivity index (χ1n) is 7.50. The molecular weight excluding hydrogens is 362 g/mol. The van der Waals surface area contributed by atoms with Crippen LogP contribution in [0.15, 0.2) is 35.4 Å². The summed E-state index contributed by atoms with van der Waals surface area (Å²) in [5, 5.41) is 10.8. The van der Waals surface area contributed by atoms with E-state index in [0.29, 0.717) is 27.9 Å². The number of hydrogen-bond donors (Lipinski definition) is 1. The summed E-state index contributed by atoms with van der Waals surface area (Å²) in [5.41, 5.74) is 1.58. The Kier molecular flexibility index (Phi) is 4.99. The number of nitrogens with zero attached hydrogens (tertiary/aromatic N) is 4. The second-order valence-electron chi connectivity index (χ2n) is 5.33. The quantitative estimate of drug-likeness (QED) is 0.681. The van der Waals surface area contributed by atoms with E-state index in [2.05, 4.69) is 20.6 Å². The van der Waals surface area contributed by atoms with E-state index >= 15 is 0 Å². The molecule has 3 aromatic rings. The van der Waals surface area contributed by atoms with Crippen molar-refractivity contribution in [3.63, 3.8) is 0 Å². The van der Waals surface area contributed by atoms with Gasteiger partial charge in [0.1, 0.15) is 24.0 Å². The first-order valence-corrected chi connectivity index (χ1v) is 7.88. The molecule has 26 heavy (non-hydrogen) atoms. The average molecular weight is 376 g/mol. The monoisotopic (exact) mass is 375 g/mol. The van der Waals surface area contributed by atoms with Crippen LogP contribution in [0.25, 0.3) is 5.69 Å². The number of halogens is 1. The van der Waals surface area contributed by atoms with Gasteiger partial charge in [-0.1, -0.05) is 16.8 Å². The molecule has 0 aliphatic heterocycles. The van der Waals surface area contributed by atoms with Gasteiger partial charge in [0.2, 0.25) is 0 Å². The number of rotatable bonds is 5. The summed E-state index contributed by atoms with van der Waals surface area (Å²) < 4.78 is 11.4. The van der Waals surface area contributed by atoms with E-state index in [0.717, 1.165) is 0 Å². The zero-order valence-electron chi connectivity index (χ0n) is 13.9. The highest BCUT2D eigenvalue weighted by Crippen LogP contribution is 2.24. The lowest BCUT2D eigenvalue weighted by molar-refractivity contribution is -0.119. The second kappa shape index (κ2) is 7.36. The Morgan fingerprint density at radius 2 is 2.15 bits per heavy atom. The number of hydrogen-bond acceptors (Lipinski definition) is 7. The number of aryl methyl sites for hydroxylation is 2. The van der Waals surface area contributed by atoms with Crippen LogP contribution >= 0.6 is 11.6 Å². The summed E-state index contributed by atoms with van der Waals surface area (Å²) in [6.07, 6.45) is 2.85. The zero-order valence-corrected chi connectivity index (χ0v) is 14.6. The molecule has 2 heterocycles. The van der Waals surface area contributed by atoms with E-state index in [-0.39, 0.29) is 5.56 Å². The number of ether oxygens (including phenoxy) is 1. The average Bonchev–Trinajstić information content (AvgIpc) is 3.23. The normalized spacial score (nSPS) is 10.6. The van der Waals surface area contributed by atoms with Crippen LogP contribution in [-0.4, -0.2) is 38.4 Å². The number of carbonyl (C=O) groups excluding carboxylic acids is 2. The Balaban J connectivity index is 1.69. The van der Waals surface area contributed by atoms with Crippen molar-refractivity contribution in [2.24, 2.45) is 0 Å². The number of amides is 1. The van der Waals surface area contributed by atoms with Crippen molar-refractivity contribution in [3.8, 4) is 5.69 Å². The van der Waals surface area contributed by atoms with Crippen molar-refractivity contribution in [3.05, 3.63) is 52.9 Å². The molecule has 0 aliphatic carbocycles. The molecule has 10 heteroatoms.